The lowest BCUT2D eigenvalue weighted by molar-refractivity contribution is -0.121. The first-order chi connectivity index (χ1) is 15.8. The number of hydrogen-bond acceptors (Lipinski definition) is 5. The van der Waals surface area contributed by atoms with Gasteiger partial charge in [-0.05, 0) is 31.9 Å². The number of nitrogens with zero attached hydrogens (tertiary/aromatic N) is 2. The van der Waals surface area contributed by atoms with Crippen LogP contribution in [-0.4, -0.2) is 84.9 Å². The van der Waals surface area contributed by atoms with Crippen LogP contribution in [0.15, 0.2) is 60.7 Å². The summed E-state index contributed by atoms with van der Waals surface area (Å²) in [5.41, 5.74) is 1.78. The summed E-state index contributed by atoms with van der Waals surface area (Å²) in [5, 5.41) is 13.4. The number of aliphatic hydroxyl groups excluding tert-OH is 1. The second-order valence-corrected chi connectivity index (χ2v) is 9.76. The fourth-order valence-corrected chi connectivity index (χ4v) is 4.12. The predicted molar refractivity (Wildman–Crippen MR) is 132 cm³/mol. The van der Waals surface area contributed by atoms with Crippen molar-refractivity contribution in [2.24, 2.45) is 0 Å². The topological polar surface area (TPSA) is 65.0 Å². The van der Waals surface area contributed by atoms with Gasteiger partial charge in [0.15, 0.2) is 0 Å². The van der Waals surface area contributed by atoms with Gasteiger partial charge in [0.1, 0.15) is 0 Å². The average Bonchev–Trinajstić information content (AvgIpc) is 2.80. The third kappa shape index (κ3) is 8.55. The number of nitrogens with one attached hydrogen (secondary N) is 1. The molecule has 1 saturated heterocycles. The van der Waals surface area contributed by atoms with Gasteiger partial charge in [0.2, 0.25) is 5.91 Å². The molecule has 6 nitrogen and oxygen atoms in total. The largest absolute Gasteiger partial charge is 0.389 e. The van der Waals surface area contributed by atoms with Gasteiger partial charge in [-0.3, -0.25) is 14.6 Å². The molecule has 1 atom stereocenters. The lowest BCUT2D eigenvalue weighted by atomic mass is 9.90. The van der Waals surface area contributed by atoms with Gasteiger partial charge in [0.05, 0.1) is 24.2 Å². The van der Waals surface area contributed by atoms with Crippen molar-refractivity contribution in [3.8, 4) is 0 Å². The highest BCUT2D eigenvalue weighted by atomic mass is 16.5. The Morgan fingerprint density at radius 2 is 1.45 bits per heavy atom. The number of benzene rings is 2. The zero-order valence-electron chi connectivity index (χ0n) is 20.2. The van der Waals surface area contributed by atoms with Crippen LogP contribution >= 0.6 is 0 Å². The van der Waals surface area contributed by atoms with Crippen LogP contribution in [0, 0.1) is 0 Å². The number of carbonyl (C=O) groups excluding carboxylic acids is 1. The summed E-state index contributed by atoms with van der Waals surface area (Å²) in [4.78, 5) is 17.8. The maximum atomic E-state index is 13.1. The van der Waals surface area contributed by atoms with E-state index < -0.39 is 6.10 Å². The van der Waals surface area contributed by atoms with Gasteiger partial charge >= 0.3 is 0 Å². The van der Waals surface area contributed by atoms with Crippen LogP contribution in [0.1, 0.15) is 37.8 Å². The normalized spacial score (nSPS) is 16.6. The zero-order chi connectivity index (χ0) is 23.7. The van der Waals surface area contributed by atoms with Crippen molar-refractivity contribution in [2.75, 3.05) is 52.4 Å². The molecule has 180 valence electrons. The van der Waals surface area contributed by atoms with Crippen LogP contribution in [0.5, 0.6) is 0 Å². The number of rotatable bonds is 10. The Bertz CT molecular complexity index is 791. The average molecular weight is 454 g/mol. The van der Waals surface area contributed by atoms with Gasteiger partial charge in [-0.15, -0.1) is 0 Å². The second-order valence-electron chi connectivity index (χ2n) is 9.76. The minimum atomic E-state index is -0.469. The molecule has 1 aliphatic rings. The number of hydrogen-bond donors (Lipinski definition) is 2. The molecule has 0 radical (unpaired) electrons. The van der Waals surface area contributed by atoms with E-state index in [9.17, 15) is 9.90 Å². The molecule has 1 amide bonds. The number of β-amino-alcohol motifs (C(OH)–C–C–N with tert-alkyl or cyclic N) is 1. The molecule has 0 spiro atoms. The zero-order valence-corrected chi connectivity index (χ0v) is 20.2. The van der Waals surface area contributed by atoms with Crippen LogP contribution in [0.4, 0.5) is 0 Å². The summed E-state index contributed by atoms with van der Waals surface area (Å²) < 4.78 is 5.69. The number of amides is 1. The summed E-state index contributed by atoms with van der Waals surface area (Å²) >= 11 is 0. The van der Waals surface area contributed by atoms with Crippen molar-refractivity contribution in [3.63, 3.8) is 0 Å². The molecule has 0 aliphatic carbocycles. The Hall–Kier alpha value is -2.25. The Labute approximate surface area is 198 Å². The molecule has 0 saturated carbocycles. The van der Waals surface area contributed by atoms with E-state index in [4.69, 9.17) is 4.74 Å². The molecule has 6 heteroatoms. The maximum absolute atomic E-state index is 13.1. The monoisotopic (exact) mass is 453 g/mol. The highest BCUT2D eigenvalue weighted by Crippen LogP contribution is 2.24. The predicted octanol–water partition coefficient (Wildman–Crippen LogP) is 2.73. The molecule has 0 aromatic heterocycles. The molecule has 2 aromatic carbocycles. The molecule has 33 heavy (non-hydrogen) atoms. The first-order valence-corrected chi connectivity index (χ1v) is 12.0. The summed E-state index contributed by atoms with van der Waals surface area (Å²) in [5.74, 6) is -0.269. The van der Waals surface area contributed by atoms with Crippen molar-refractivity contribution in [1.82, 2.24) is 15.1 Å². The molecule has 0 unspecified atom stereocenters. The highest BCUT2D eigenvalue weighted by Gasteiger charge is 2.23. The molecule has 1 fully saturated rings. The fraction of sp³-hybridized carbons (Fsp3) is 0.519. The van der Waals surface area contributed by atoms with E-state index in [-0.39, 0.29) is 17.4 Å². The van der Waals surface area contributed by atoms with Crippen LogP contribution in [0.25, 0.3) is 0 Å². The van der Waals surface area contributed by atoms with Crippen molar-refractivity contribution in [1.29, 1.82) is 0 Å². The van der Waals surface area contributed by atoms with Crippen LogP contribution in [0.2, 0.25) is 0 Å². The van der Waals surface area contributed by atoms with Gasteiger partial charge in [-0.1, -0.05) is 60.7 Å². The second kappa shape index (κ2) is 12.3. The van der Waals surface area contributed by atoms with E-state index in [1.165, 1.54) is 0 Å². The molecule has 1 heterocycles. The van der Waals surface area contributed by atoms with Gasteiger partial charge < -0.3 is 15.2 Å². The van der Waals surface area contributed by atoms with Gasteiger partial charge in [-0.25, -0.2) is 0 Å². The summed E-state index contributed by atoms with van der Waals surface area (Å²) in [7, 11) is 0. The minimum Gasteiger partial charge on any atom is -0.389 e. The Morgan fingerprint density at radius 3 is 1.97 bits per heavy atom. The molecule has 0 bridgehead atoms. The van der Waals surface area contributed by atoms with E-state index >= 15 is 0 Å². The SMILES string of the molecule is CC(C)(C)OC[C@H](O)CN1CCN(CCNC(=O)C(c2ccccc2)c2ccccc2)CC1. The van der Waals surface area contributed by atoms with E-state index in [1.807, 2.05) is 81.4 Å². The number of ether oxygens (including phenoxy) is 1. The fourth-order valence-electron chi connectivity index (χ4n) is 4.12. The molecular formula is C27H39N3O3. The van der Waals surface area contributed by atoms with Gasteiger partial charge in [-0.2, -0.15) is 0 Å². The number of piperazine rings is 1. The number of aliphatic hydroxyl groups is 1. The molecule has 2 aromatic rings. The third-order valence-electron chi connectivity index (χ3n) is 5.90. The smallest absolute Gasteiger partial charge is 0.232 e. The number of carbonyl (C=O) groups is 1. The van der Waals surface area contributed by atoms with E-state index in [1.54, 1.807) is 0 Å². The van der Waals surface area contributed by atoms with Crippen LogP contribution in [0.3, 0.4) is 0 Å². The lowest BCUT2D eigenvalue weighted by Crippen LogP contribution is -2.50. The molecule has 2 N–H and O–H groups in total. The Morgan fingerprint density at radius 1 is 0.939 bits per heavy atom. The van der Waals surface area contributed by atoms with E-state index in [0.29, 0.717) is 19.7 Å². The standard InChI is InChI=1S/C27H39N3O3/c1-27(2,3)33-21-24(31)20-30-18-16-29(17-19-30)15-14-28-26(32)25(22-10-6-4-7-11-22)23-12-8-5-9-13-23/h4-13,24-25,31H,14-21H2,1-3H3,(H,28,32)/t24-/m1/s1. The lowest BCUT2D eigenvalue weighted by Gasteiger charge is -2.36. The highest BCUT2D eigenvalue weighted by molar-refractivity contribution is 5.87. The summed E-state index contributed by atoms with van der Waals surface area (Å²) in [6, 6.07) is 19.9. The third-order valence-corrected chi connectivity index (χ3v) is 5.90. The van der Waals surface area contributed by atoms with Crippen molar-refractivity contribution in [2.45, 2.75) is 38.4 Å². The van der Waals surface area contributed by atoms with Crippen LogP contribution in [-0.2, 0) is 9.53 Å². The molecule has 3 rings (SSSR count). The Kier molecular flexibility index (Phi) is 9.44. The van der Waals surface area contributed by atoms with Crippen molar-refractivity contribution in [3.05, 3.63) is 71.8 Å². The van der Waals surface area contributed by atoms with E-state index in [2.05, 4.69) is 15.1 Å². The van der Waals surface area contributed by atoms with Crippen molar-refractivity contribution < 1.29 is 14.6 Å². The van der Waals surface area contributed by atoms with Gasteiger partial charge in [0, 0.05) is 45.8 Å². The Balaban J connectivity index is 1.42. The maximum Gasteiger partial charge on any atom is 0.232 e. The van der Waals surface area contributed by atoms with Crippen molar-refractivity contribution >= 4 is 5.91 Å². The first kappa shape index (κ1) is 25.4. The van der Waals surface area contributed by atoms with Gasteiger partial charge in [0.25, 0.3) is 0 Å². The molecule has 1 aliphatic heterocycles. The summed E-state index contributed by atoms with van der Waals surface area (Å²) in [6.45, 7) is 12.1. The first-order valence-electron chi connectivity index (χ1n) is 12.0. The van der Waals surface area contributed by atoms with Crippen LogP contribution < -0.4 is 5.32 Å². The quantitative estimate of drug-likeness (QED) is 0.579. The summed E-state index contributed by atoms with van der Waals surface area (Å²) in [6.07, 6.45) is -0.469. The van der Waals surface area contributed by atoms with E-state index in [0.717, 1.165) is 43.9 Å². The molecular weight excluding hydrogens is 414 g/mol. The minimum absolute atomic E-state index is 0.0352.